The standard InChI is InChI=1S/C22H19N5OS/c23-20(26-21(28)15-9-6-12-24-13-15)19-18(14-7-2-1-3-8-14)25-22-27(19)16-10-4-5-11-17(16)29-22/h1-3,6-9,12-13H,4-5,10-11H2,(H2,23,26,28). The lowest BCUT2D eigenvalue weighted by Crippen LogP contribution is -2.32. The Bertz CT molecular complexity index is 1210. The van der Waals surface area contributed by atoms with E-state index in [1.54, 1.807) is 29.7 Å². The number of amides is 1. The fourth-order valence-corrected chi connectivity index (χ4v) is 5.01. The number of benzene rings is 1. The third-order valence-corrected chi connectivity index (χ3v) is 6.31. The molecular weight excluding hydrogens is 382 g/mol. The number of thiazole rings is 1. The first-order valence-electron chi connectivity index (χ1n) is 9.61. The van der Waals surface area contributed by atoms with Crippen LogP contribution in [0.2, 0.25) is 0 Å². The molecular formula is C22H19N5OS. The maximum Gasteiger partial charge on any atom is 0.258 e. The first-order chi connectivity index (χ1) is 14.2. The van der Waals surface area contributed by atoms with Crippen molar-refractivity contribution in [3.63, 3.8) is 0 Å². The van der Waals surface area contributed by atoms with E-state index in [2.05, 4.69) is 14.7 Å². The molecule has 4 aromatic rings. The Morgan fingerprint density at radius 3 is 2.72 bits per heavy atom. The van der Waals surface area contributed by atoms with Gasteiger partial charge in [0.1, 0.15) is 11.4 Å². The molecule has 0 unspecified atom stereocenters. The Labute approximate surface area is 171 Å². The first-order valence-corrected chi connectivity index (χ1v) is 10.4. The highest BCUT2D eigenvalue weighted by molar-refractivity contribution is 7.17. The quantitative estimate of drug-likeness (QED) is 0.401. The molecule has 0 atom stereocenters. The van der Waals surface area contributed by atoms with E-state index in [4.69, 9.17) is 10.4 Å². The van der Waals surface area contributed by atoms with E-state index in [0.29, 0.717) is 11.3 Å². The minimum atomic E-state index is -0.346. The molecule has 0 fully saturated rings. The number of hydrogen-bond acceptors (Lipinski definition) is 5. The highest BCUT2D eigenvalue weighted by Gasteiger charge is 2.26. The van der Waals surface area contributed by atoms with Crippen molar-refractivity contribution in [2.24, 2.45) is 0 Å². The smallest absolute Gasteiger partial charge is 0.258 e. The molecule has 144 valence electrons. The molecule has 1 aliphatic rings. The molecule has 0 saturated heterocycles. The number of aromatic nitrogens is 3. The van der Waals surface area contributed by atoms with Crippen LogP contribution < -0.4 is 5.32 Å². The molecule has 3 aromatic heterocycles. The summed E-state index contributed by atoms with van der Waals surface area (Å²) in [5.41, 5.74) is 3.95. The molecule has 5 rings (SSSR count). The van der Waals surface area contributed by atoms with E-state index in [-0.39, 0.29) is 11.7 Å². The molecule has 29 heavy (non-hydrogen) atoms. The molecule has 3 heterocycles. The zero-order valence-electron chi connectivity index (χ0n) is 15.7. The van der Waals surface area contributed by atoms with Gasteiger partial charge in [0.25, 0.3) is 5.91 Å². The summed E-state index contributed by atoms with van der Waals surface area (Å²) in [6.07, 6.45) is 7.46. The Morgan fingerprint density at radius 2 is 1.93 bits per heavy atom. The van der Waals surface area contributed by atoms with Gasteiger partial charge in [0.05, 0.1) is 5.56 Å². The zero-order valence-corrected chi connectivity index (χ0v) is 16.5. The summed E-state index contributed by atoms with van der Waals surface area (Å²) in [4.78, 5) is 23.7. The van der Waals surface area contributed by atoms with E-state index in [9.17, 15) is 4.79 Å². The monoisotopic (exact) mass is 401 g/mol. The van der Waals surface area contributed by atoms with Crippen molar-refractivity contribution in [1.82, 2.24) is 19.7 Å². The normalized spacial score (nSPS) is 13.2. The highest BCUT2D eigenvalue weighted by atomic mass is 32.1. The number of amidine groups is 1. The minimum Gasteiger partial charge on any atom is -0.305 e. The van der Waals surface area contributed by atoms with Crippen molar-refractivity contribution >= 4 is 28.0 Å². The van der Waals surface area contributed by atoms with Crippen LogP contribution in [0.25, 0.3) is 16.2 Å². The number of nitrogens with one attached hydrogen (secondary N) is 2. The van der Waals surface area contributed by atoms with E-state index in [1.165, 1.54) is 23.2 Å². The van der Waals surface area contributed by atoms with Gasteiger partial charge in [-0.3, -0.25) is 19.6 Å². The molecule has 0 spiro atoms. The third-order valence-electron chi connectivity index (χ3n) is 5.17. The van der Waals surface area contributed by atoms with Gasteiger partial charge in [0.2, 0.25) is 0 Å². The van der Waals surface area contributed by atoms with Crippen LogP contribution in [0.4, 0.5) is 0 Å². The third kappa shape index (κ3) is 3.13. The molecule has 0 aliphatic heterocycles. The zero-order chi connectivity index (χ0) is 19.8. The maximum atomic E-state index is 12.6. The lowest BCUT2D eigenvalue weighted by Gasteiger charge is -2.14. The van der Waals surface area contributed by atoms with Gasteiger partial charge in [-0.05, 0) is 37.8 Å². The van der Waals surface area contributed by atoms with Crippen molar-refractivity contribution in [1.29, 1.82) is 5.41 Å². The van der Waals surface area contributed by atoms with Crippen LogP contribution in [0.5, 0.6) is 0 Å². The maximum absolute atomic E-state index is 12.6. The Kier molecular flexibility index (Phi) is 4.44. The van der Waals surface area contributed by atoms with E-state index in [0.717, 1.165) is 35.5 Å². The average molecular weight is 401 g/mol. The van der Waals surface area contributed by atoms with E-state index in [1.807, 2.05) is 30.3 Å². The molecule has 1 aromatic carbocycles. The van der Waals surface area contributed by atoms with E-state index < -0.39 is 0 Å². The minimum absolute atomic E-state index is 0.0522. The second-order valence-corrected chi connectivity index (χ2v) is 8.10. The lowest BCUT2D eigenvalue weighted by molar-refractivity contribution is 0.0976. The molecule has 1 aliphatic carbocycles. The van der Waals surface area contributed by atoms with Gasteiger partial charge in [-0.15, -0.1) is 11.3 Å². The second-order valence-electron chi connectivity index (χ2n) is 7.04. The number of carbonyl (C=O) groups excluding carboxylic acids is 1. The van der Waals surface area contributed by atoms with Crippen molar-refractivity contribution < 1.29 is 4.79 Å². The fourth-order valence-electron chi connectivity index (χ4n) is 3.81. The molecule has 0 saturated carbocycles. The lowest BCUT2D eigenvalue weighted by atomic mass is 10.0. The number of fused-ring (bicyclic) bond motifs is 3. The number of imidazole rings is 1. The Morgan fingerprint density at radius 1 is 1.10 bits per heavy atom. The van der Waals surface area contributed by atoms with Crippen LogP contribution in [0, 0.1) is 5.41 Å². The predicted molar refractivity (Wildman–Crippen MR) is 114 cm³/mol. The van der Waals surface area contributed by atoms with Crippen LogP contribution in [-0.2, 0) is 12.8 Å². The van der Waals surface area contributed by atoms with Crippen molar-refractivity contribution in [2.45, 2.75) is 25.7 Å². The number of nitrogens with zero attached hydrogens (tertiary/aromatic N) is 3. The summed E-state index contributed by atoms with van der Waals surface area (Å²) in [6.45, 7) is 0. The van der Waals surface area contributed by atoms with Gasteiger partial charge in [-0.25, -0.2) is 4.98 Å². The molecule has 7 heteroatoms. The number of carbonyl (C=O) groups is 1. The summed E-state index contributed by atoms with van der Waals surface area (Å²) >= 11 is 1.69. The van der Waals surface area contributed by atoms with Crippen molar-refractivity contribution in [2.75, 3.05) is 0 Å². The fraction of sp³-hybridized carbons (Fsp3) is 0.182. The second kappa shape index (κ2) is 7.25. The van der Waals surface area contributed by atoms with Crippen molar-refractivity contribution in [3.8, 4) is 11.3 Å². The first kappa shape index (κ1) is 17.8. The van der Waals surface area contributed by atoms with Gasteiger partial charge >= 0.3 is 0 Å². The van der Waals surface area contributed by atoms with Gasteiger partial charge in [-0.1, -0.05) is 30.3 Å². The summed E-state index contributed by atoms with van der Waals surface area (Å²) in [6, 6.07) is 13.2. The van der Waals surface area contributed by atoms with Crippen LogP contribution in [-0.4, -0.2) is 26.1 Å². The van der Waals surface area contributed by atoms with Gasteiger partial charge in [-0.2, -0.15) is 0 Å². The summed E-state index contributed by atoms with van der Waals surface area (Å²) in [5.74, 6) is -0.294. The highest BCUT2D eigenvalue weighted by Crippen LogP contribution is 2.35. The number of rotatable bonds is 3. The molecule has 0 bridgehead atoms. The van der Waals surface area contributed by atoms with Gasteiger partial charge in [0, 0.05) is 28.5 Å². The summed E-state index contributed by atoms with van der Waals surface area (Å²) in [7, 11) is 0. The average Bonchev–Trinajstić information content (AvgIpc) is 3.31. The van der Waals surface area contributed by atoms with Crippen LogP contribution in [0.1, 0.15) is 39.5 Å². The van der Waals surface area contributed by atoms with Crippen LogP contribution in [0.15, 0.2) is 54.9 Å². The van der Waals surface area contributed by atoms with Gasteiger partial charge in [0.15, 0.2) is 10.8 Å². The molecule has 0 radical (unpaired) electrons. The number of hydrogen-bond donors (Lipinski definition) is 2. The number of pyridine rings is 1. The Balaban J connectivity index is 1.63. The van der Waals surface area contributed by atoms with Crippen molar-refractivity contribution in [3.05, 3.63) is 76.7 Å². The molecule has 1 amide bonds. The largest absolute Gasteiger partial charge is 0.305 e. The molecule has 6 nitrogen and oxygen atoms in total. The van der Waals surface area contributed by atoms with Gasteiger partial charge < -0.3 is 5.32 Å². The number of aryl methyl sites for hydroxylation is 2. The SMILES string of the molecule is N=C(NC(=O)c1cccnc1)c1c(-c2ccccc2)nc2sc3c(n12)CCCC3. The Hall–Kier alpha value is -3.32. The van der Waals surface area contributed by atoms with E-state index >= 15 is 0 Å². The topological polar surface area (TPSA) is 83.1 Å². The summed E-state index contributed by atoms with van der Waals surface area (Å²) < 4.78 is 2.08. The van der Waals surface area contributed by atoms with Crippen LogP contribution in [0.3, 0.4) is 0 Å². The predicted octanol–water partition coefficient (Wildman–Crippen LogP) is 4.09. The summed E-state index contributed by atoms with van der Waals surface area (Å²) in [5, 5.41) is 11.5. The molecule has 2 N–H and O–H groups in total. The van der Waals surface area contributed by atoms with Crippen LogP contribution >= 0.6 is 11.3 Å².